The summed E-state index contributed by atoms with van der Waals surface area (Å²) in [5.41, 5.74) is 0.836. The number of benzene rings is 1. The van der Waals surface area contributed by atoms with Gasteiger partial charge in [0.2, 0.25) is 0 Å². The number of hydrogen-bond acceptors (Lipinski definition) is 5. The summed E-state index contributed by atoms with van der Waals surface area (Å²) < 4.78 is 17.0. The molecule has 0 aliphatic carbocycles. The third-order valence-corrected chi connectivity index (χ3v) is 5.35. The number of methoxy groups -OCH3 is 1. The molecule has 5 heteroatoms. The minimum Gasteiger partial charge on any atom is -0.462 e. The van der Waals surface area contributed by atoms with E-state index in [1.807, 2.05) is 18.2 Å². The van der Waals surface area contributed by atoms with Crippen molar-refractivity contribution in [3.05, 3.63) is 59.5 Å². The lowest BCUT2D eigenvalue weighted by atomic mass is 9.87. The molecule has 2 fully saturated rings. The van der Waals surface area contributed by atoms with Gasteiger partial charge >= 0.3 is 0 Å². The number of hydrogen-bond donors (Lipinski definition) is 1. The molecule has 134 valence electrons. The highest BCUT2D eigenvalue weighted by Gasteiger charge is 2.52. The van der Waals surface area contributed by atoms with Gasteiger partial charge in [0.25, 0.3) is 0 Å². The molecule has 2 aliphatic heterocycles. The Balaban J connectivity index is 1.41. The van der Waals surface area contributed by atoms with Gasteiger partial charge in [-0.15, -0.1) is 0 Å². The Morgan fingerprint density at radius 3 is 2.80 bits per heavy atom. The third-order valence-electron chi connectivity index (χ3n) is 5.35. The quantitative estimate of drug-likeness (QED) is 0.904. The average molecular weight is 343 g/mol. The molecule has 2 aromatic rings. The van der Waals surface area contributed by atoms with Crippen LogP contribution in [-0.2, 0) is 22.6 Å². The molecular weight excluding hydrogens is 318 g/mol. The molecule has 3 heterocycles. The van der Waals surface area contributed by atoms with Crippen molar-refractivity contribution in [2.75, 3.05) is 26.8 Å². The van der Waals surface area contributed by atoms with Crippen molar-refractivity contribution >= 4 is 0 Å². The Kier molecular flexibility index (Phi) is 4.65. The maximum atomic E-state index is 10.7. The van der Waals surface area contributed by atoms with Gasteiger partial charge in [0, 0.05) is 26.1 Å². The first-order valence-corrected chi connectivity index (χ1v) is 8.84. The molecule has 0 unspecified atom stereocenters. The normalized spacial score (nSPS) is 29.7. The molecular formula is C20H25NO4. The fourth-order valence-electron chi connectivity index (χ4n) is 4.11. The van der Waals surface area contributed by atoms with E-state index in [1.54, 1.807) is 7.11 Å². The Morgan fingerprint density at radius 2 is 2.00 bits per heavy atom. The number of furan rings is 1. The SMILES string of the molecule is COCc1ccc(CN2C[C@@H](O)[C@@]3(C[C@@H](c4ccccc4)CO3)C2)o1. The van der Waals surface area contributed by atoms with Crippen molar-refractivity contribution in [3.8, 4) is 0 Å². The van der Waals surface area contributed by atoms with Crippen LogP contribution in [0, 0.1) is 0 Å². The van der Waals surface area contributed by atoms with Gasteiger partial charge in [-0.1, -0.05) is 30.3 Å². The number of β-amino-alcohol motifs (C(OH)–C–C–N with tert-alkyl or cyclic N) is 1. The monoisotopic (exact) mass is 343 g/mol. The minimum absolute atomic E-state index is 0.354. The summed E-state index contributed by atoms with van der Waals surface area (Å²) in [5, 5.41) is 10.7. The predicted octanol–water partition coefficient (Wildman–Crippen LogP) is 2.55. The van der Waals surface area contributed by atoms with Crippen molar-refractivity contribution in [1.29, 1.82) is 0 Å². The molecule has 1 spiro atoms. The van der Waals surface area contributed by atoms with Gasteiger partial charge in [-0.3, -0.25) is 4.90 Å². The van der Waals surface area contributed by atoms with E-state index in [4.69, 9.17) is 13.9 Å². The van der Waals surface area contributed by atoms with Gasteiger partial charge in [-0.05, 0) is 24.1 Å². The first-order valence-electron chi connectivity index (χ1n) is 8.84. The van der Waals surface area contributed by atoms with Crippen LogP contribution in [0.25, 0.3) is 0 Å². The largest absolute Gasteiger partial charge is 0.462 e. The Labute approximate surface area is 148 Å². The van der Waals surface area contributed by atoms with Gasteiger partial charge in [0.15, 0.2) is 0 Å². The van der Waals surface area contributed by atoms with Gasteiger partial charge < -0.3 is 19.0 Å². The summed E-state index contributed by atoms with van der Waals surface area (Å²) in [6, 6.07) is 14.4. The number of rotatable bonds is 5. The number of aliphatic hydroxyl groups excluding tert-OH is 1. The summed E-state index contributed by atoms with van der Waals surface area (Å²) in [6.07, 6.45) is 0.400. The summed E-state index contributed by atoms with van der Waals surface area (Å²) in [7, 11) is 1.66. The summed E-state index contributed by atoms with van der Waals surface area (Å²) in [6.45, 7) is 3.18. The van der Waals surface area contributed by atoms with E-state index in [2.05, 4.69) is 29.2 Å². The third kappa shape index (κ3) is 3.37. The minimum atomic E-state index is -0.463. The fraction of sp³-hybridized carbons (Fsp3) is 0.500. The molecule has 0 bridgehead atoms. The molecule has 5 nitrogen and oxygen atoms in total. The lowest BCUT2D eigenvalue weighted by Crippen LogP contribution is -2.41. The molecule has 1 aromatic carbocycles. The molecule has 1 N–H and O–H groups in total. The smallest absolute Gasteiger partial charge is 0.129 e. The van der Waals surface area contributed by atoms with E-state index in [-0.39, 0.29) is 0 Å². The van der Waals surface area contributed by atoms with Crippen LogP contribution < -0.4 is 0 Å². The van der Waals surface area contributed by atoms with Crippen LogP contribution in [0.3, 0.4) is 0 Å². The van der Waals surface area contributed by atoms with E-state index in [9.17, 15) is 5.11 Å². The van der Waals surface area contributed by atoms with E-state index < -0.39 is 11.7 Å². The first kappa shape index (κ1) is 16.8. The number of likely N-dealkylation sites (tertiary alicyclic amines) is 1. The number of nitrogens with zero attached hydrogens (tertiary/aromatic N) is 1. The second kappa shape index (κ2) is 6.92. The Morgan fingerprint density at radius 1 is 1.20 bits per heavy atom. The Bertz CT molecular complexity index is 701. The molecule has 0 saturated carbocycles. The van der Waals surface area contributed by atoms with Crippen LogP contribution in [-0.4, -0.2) is 48.5 Å². The van der Waals surface area contributed by atoms with Crippen molar-refractivity contribution in [2.45, 2.75) is 37.2 Å². The van der Waals surface area contributed by atoms with Gasteiger partial charge in [-0.25, -0.2) is 0 Å². The molecule has 3 atom stereocenters. The van der Waals surface area contributed by atoms with E-state index in [1.165, 1.54) is 5.56 Å². The highest BCUT2D eigenvalue weighted by molar-refractivity contribution is 5.23. The van der Waals surface area contributed by atoms with Gasteiger partial charge in [-0.2, -0.15) is 0 Å². The molecule has 2 aliphatic rings. The summed E-state index contributed by atoms with van der Waals surface area (Å²) in [4.78, 5) is 2.22. The topological polar surface area (TPSA) is 55.1 Å². The fourth-order valence-corrected chi connectivity index (χ4v) is 4.11. The molecule has 0 amide bonds. The zero-order valence-corrected chi connectivity index (χ0v) is 14.6. The van der Waals surface area contributed by atoms with Crippen LogP contribution in [0.15, 0.2) is 46.9 Å². The average Bonchev–Trinajstić information content (AvgIpc) is 3.31. The zero-order valence-electron chi connectivity index (χ0n) is 14.6. The van der Waals surface area contributed by atoms with Crippen molar-refractivity contribution in [1.82, 2.24) is 4.90 Å². The highest BCUT2D eigenvalue weighted by atomic mass is 16.5. The molecule has 2 saturated heterocycles. The molecule has 1 aromatic heterocycles. The summed E-state index contributed by atoms with van der Waals surface area (Å²) >= 11 is 0. The van der Waals surface area contributed by atoms with Crippen LogP contribution in [0.2, 0.25) is 0 Å². The van der Waals surface area contributed by atoms with E-state index in [0.29, 0.717) is 32.2 Å². The van der Waals surface area contributed by atoms with E-state index in [0.717, 1.165) is 24.5 Å². The van der Waals surface area contributed by atoms with Crippen molar-refractivity contribution in [2.24, 2.45) is 0 Å². The summed E-state index contributed by atoms with van der Waals surface area (Å²) in [5.74, 6) is 2.08. The second-order valence-electron chi connectivity index (χ2n) is 7.17. The number of ether oxygens (including phenoxy) is 2. The lowest BCUT2D eigenvalue weighted by molar-refractivity contribution is -0.0595. The zero-order chi connectivity index (χ0) is 17.3. The van der Waals surface area contributed by atoms with Crippen molar-refractivity contribution < 1.29 is 19.0 Å². The number of aliphatic hydroxyl groups is 1. The van der Waals surface area contributed by atoms with Crippen LogP contribution in [0.4, 0.5) is 0 Å². The second-order valence-corrected chi connectivity index (χ2v) is 7.17. The van der Waals surface area contributed by atoms with Crippen LogP contribution >= 0.6 is 0 Å². The lowest BCUT2D eigenvalue weighted by Gasteiger charge is -2.26. The highest BCUT2D eigenvalue weighted by Crippen LogP contribution is 2.42. The molecule has 25 heavy (non-hydrogen) atoms. The van der Waals surface area contributed by atoms with Gasteiger partial charge in [0.1, 0.15) is 23.7 Å². The maximum absolute atomic E-state index is 10.7. The molecule has 0 radical (unpaired) electrons. The van der Waals surface area contributed by atoms with Crippen molar-refractivity contribution in [3.63, 3.8) is 0 Å². The first-order chi connectivity index (χ1) is 12.2. The van der Waals surface area contributed by atoms with Crippen LogP contribution in [0.1, 0.15) is 29.4 Å². The maximum Gasteiger partial charge on any atom is 0.129 e. The molecule has 4 rings (SSSR count). The standard InChI is InChI=1S/C20H25NO4/c1-23-13-18-8-7-17(25-18)10-21-11-19(22)20(14-21)9-16(12-24-20)15-5-3-2-4-6-15/h2-8,16,19,22H,9-14H2,1H3/t16-,19-,20-/m1/s1. The van der Waals surface area contributed by atoms with Crippen LogP contribution in [0.5, 0.6) is 0 Å². The Hall–Kier alpha value is -1.66. The predicted molar refractivity (Wildman–Crippen MR) is 93.2 cm³/mol. The van der Waals surface area contributed by atoms with Gasteiger partial charge in [0.05, 0.1) is 19.3 Å². The van der Waals surface area contributed by atoms with E-state index >= 15 is 0 Å².